The minimum absolute atomic E-state index is 0.443. The highest BCUT2D eigenvalue weighted by Gasteiger charge is 1.94. The number of rotatable bonds is 3. The Kier molecular flexibility index (Phi) is 2.87. The molecule has 1 heterocycles. The zero-order valence-corrected chi connectivity index (χ0v) is 8.68. The number of nitrogens with two attached hydrogens (primary N) is 1. The van der Waals surface area contributed by atoms with Crippen LogP contribution in [0.4, 0.5) is 0 Å². The van der Waals surface area contributed by atoms with Gasteiger partial charge in [0.05, 0.1) is 0 Å². The molecule has 0 aliphatic rings. The summed E-state index contributed by atoms with van der Waals surface area (Å²) in [5, 5.41) is 1.17. The van der Waals surface area contributed by atoms with E-state index in [1.54, 1.807) is 12.2 Å². The second kappa shape index (κ2) is 4.49. The number of H-pyrrole nitrogens is 1. The van der Waals surface area contributed by atoms with Crippen LogP contribution in [0.3, 0.4) is 0 Å². The monoisotopic (exact) mass is 212 g/mol. The summed E-state index contributed by atoms with van der Waals surface area (Å²) in [7, 11) is 0. The summed E-state index contributed by atoms with van der Waals surface area (Å²) >= 11 is 0. The van der Waals surface area contributed by atoms with Crippen molar-refractivity contribution in [3.8, 4) is 0 Å². The average Bonchev–Trinajstić information content (AvgIpc) is 2.66. The lowest BCUT2D eigenvalue weighted by Gasteiger charge is -1.84. The molecular weight excluding hydrogens is 200 g/mol. The number of nitrogens with one attached hydrogen (secondary N) is 1. The highest BCUT2D eigenvalue weighted by molar-refractivity contribution is 5.86. The third kappa shape index (κ3) is 2.39. The van der Waals surface area contributed by atoms with E-state index >= 15 is 0 Å². The Bertz CT molecular complexity index is 531. The van der Waals surface area contributed by atoms with Crippen LogP contribution in [0.5, 0.6) is 0 Å². The van der Waals surface area contributed by atoms with Crippen LogP contribution in [0.25, 0.3) is 17.0 Å². The molecule has 1 aromatic heterocycles. The Hall–Kier alpha value is -2.29. The summed E-state index contributed by atoms with van der Waals surface area (Å²) in [6.45, 7) is 0. The van der Waals surface area contributed by atoms with E-state index in [0.717, 1.165) is 11.2 Å². The van der Waals surface area contributed by atoms with E-state index in [-0.39, 0.29) is 0 Å². The highest BCUT2D eigenvalue weighted by Crippen LogP contribution is 2.15. The topological polar surface area (TPSA) is 58.9 Å². The molecule has 0 radical (unpaired) electrons. The zero-order chi connectivity index (χ0) is 11.4. The predicted octanol–water partition coefficient (Wildman–Crippen LogP) is 2.22. The molecule has 0 saturated carbocycles. The first-order valence-electron chi connectivity index (χ1n) is 4.97. The van der Waals surface area contributed by atoms with Gasteiger partial charge in [-0.15, -0.1) is 0 Å². The summed E-state index contributed by atoms with van der Waals surface area (Å²) < 4.78 is 0. The van der Waals surface area contributed by atoms with Gasteiger partial charge >= 0.3 is 0 Å². The molecule has 2 aromatic rings. The van der Waals surface area contributed by atoms with Crippen LogP contribution in [0.1, 0.15) is 5.69 Å². The fourth-order valence-electron chi connectivity index (χ4n) is 1.50. The Labute approximate surface area is 93.3 Å². The minimum Gasteiger partial charge on any atom is -0.366 e. The van der Waals surface area contributed by atoms with Crippen LogP contribution in [-0.2, 0) is 4.79 Å². The lowest BCUT2D eigenvalue weighted by molar-refractivity contribution is -0.113. The predicted molar refractivity (Wildman–Crippen MR) is 65.7 cm³/mol. The number of amides is 1. The molecule has 0 unspecified atom stereocenters. The molecule has 0 saturated heterocycles. The smallest absolute Gasteiger partial charge is 0.241 e. The van der Waals surface area contributed by atoms with Gasteiger partial charge in [-0.2, -0.15) is 0 Å². The molecule has 1 amide bonds. The molecule has 3 heteroatoms. The Morgan fingerprint density at radius 3 is 2.81 bits per heavy atom. The second-order valence-corrected chi connectivity index (χ2v) is 3.43. The van der Waals surface area contributed by atoms with Gasteiger partial charge in [-0.3, -0.25) is 4.79 Å². The first-order chi connectivity index (χ1) is 7.75. The van der Waals surface area contributed by atoms with Crippen molar-refractivity contribution < 1.29 is 4.79 Å². The van der Waals surface area contributed by atoms with Crippen LogP contribution < -0.4 is 5.73 Å². The van der Waals surface area contributed by atoms with Crippen molar-refractivity contribution in [2.24, 2.45) is 5.73 Å². The van der Waals surface area contributed by atoms with Crippen molar-refractivity contribution in [1.82, 2.24) is 4.98 Å². The Morgan fingerprint density at radius 1 is 1.25 bits per heavy atom. The van der Waals surface area contributed by atoms with Gasteiger partial charge in [-0.05, 0) is 23.6 Å². The molecule has 0 bridgehead atoms. The van der Waals surface area contributed by atoms with E-state index in [0.29, 0.717) is 0 Å². The van der Waals surface area contributed by atoms with Crippen molar-refractivity contribution in [3.63, 3.8) is 0 Å². The normalized spacial score (nSPS) is 11.8. The van der Waals surface area contributed by atoms with Gasteiger partial charge in [-0.25, -0.2) is 0 Å². The quantitative estimate of drug-likeness (QED) is 0.594. The van der Waals surface area contributed by atoms with E-state index in [1.807, 2.05) is 36.4 Å². The Balaban J connectivity index is 2.18. The van der Waals surface area contributed by atoms with Gasteiger partial charge in [0, 0.05) is 17.3 Å². The summed E-state index contributed by atoms with van der Waals surface area (Å²) in [6, 6.07) is 10.1. The number of aromatic nitrogens is 1. The van der Waals surface area contributed by atoms with E-state index in [9.17, 15) is 4.79 Å². The molecule has 16 heavy (non-hydrogen) atoms. The van der Waals surface area contributed by atoms with Gasteiger partial charge < -0.3 is 10.7 Å². The number of carbonyl (C=O) groups excluding carboxylic acids is 1. The SMILES string of the molecule is NC(=O)C=CC=Cc1cc2ccccc2[nH]1. The number of aromatic amines is 1. The van der Waals surface area contributed by atoms with E-state index in [1.165, 1.54) is 11.5 Å². The maximum atomic E-state index is 10.4. The number of hydrogen-bond donors (Lipinski definition) is 2. The number of para-hydroxylation sites is 1. The zero-order valence-electron chi connectivity index (χ0n) is 8.68. The fourth-order valence-corrected chi connectivity index (χ4v) is 1.50. The molecular formula is C13H12N2O. The maximum Gasteiger partial charge on any atom is 0.241 e. The minimum atomic E-state index is -0.443. The number of hydrogen-bond acceptors (Lipinski definition) is 1. The molecule has 1 aromatic carbocycles. The number of primary amides is 1. The number of fused-ring (bicyclic) bond motifs is 1. The van der Waals surface area contributed by atoms with Gasteiger partial charge in [-0.1, -0.05) is 30.4 Å². The molecule has 2 rings (SSSR count). The lowest BCUT2D eigenvalue weighted by Crippen LogP contribution is -2.04. The maximum absolute atomic E-state index is 10.4. The molecule has 3 N–H and O–H groups in total. The summed E-state index contributed by atoms with van der Waals surface area (Å²) in [5.74, 6) is -0.443. The van der Waals surface area contributed by atoms with Crippen molar-refractivity contribution in [2.45, 2.75) is 0 Å². The third-order valence-corrected chi connectivity index (χ3v) is 2.20. The van der Waals surface area contributed by atoms with E-state index in [4.69, 9.17) is 5.73 Å². The second-order valence-electron chi connectivity index (χ2n) is 3.43. The molecule has 0 aliphatic heterocycles. The van der Waals surface area contributed by atoms with Crippen LogP contribution in [0, 0.1) is 0 Å². The first-order valence-corrected chi connectivity index (χ1v) is 4.97. The third-order valence-electron chi connectivity index (χ3n) is 2.20. The van der Waals surface area contributed by atoms with E-state index in [2.05, 4.69) is 4.98 Å². The van der Waals surface area contributed by atoms with Crippen LogP contribution in [0.15, 0.2) is 48.6 Å². The summed E-state index contributed by atoms with van der Waals surface area (Å²) in [4.78, 5) is 13.7. The van der Waals surface area contributed by atoms with E-state index < -0.39 is 5.91 Å². The van der Waals surface area contributed by atoms with Crippen molar-refractivity contribution in [1.29, 1.82) is 0 Å². The van der Waals surface area contributed by atoms with Crippen LogP contribution >= 0.6 is 0 Å². The average molecular weight is 212 g/mol. The number of allylic oxidation sites excluding steroid dienone is 2. The van der Waals surface area contributed by atoms with Crippen LogP contribution in [0.2, 0.25) is 0 Å². The Morgan fingerprint density at radius 2 is 2.06 bits per heavy atom. The molecule has 0 atom stereocenters. The fraction of sp³-hybridized carbons (Fsp3) is 0. The first kappa shape index (κ1) is 10.2. The van der Waals surface area contributed by atoms with Gasteiger partial charge in [0.2, 0.25) is 5.91 Å². The van der Waals surface area contributed by atoms with Crippen molar-refractivity contribution in [3.05, 3.63) is 54.3 Å². The molecule has 0 aliphatic carbocycles. The molecule has 80 valence electrons. The highest BCUT2D eigenvalue weighted by atomic mass is 16.1. The van der Waals surface area contributed by atoms with Gasteiger partial charge in [0.15, 0.2) is 0 Å². The van der Waals surface area contributed by atoms with Crippen molar-refractivity contribution in [2.75, 3.05) is 0 Å². The summed E-state index contributed by atoms with van der Waals surface area (Å²) in [5.41, 5.74) is 7.06. The molecule has 0 fully saturated rings. The molecule has 0 spiro atoms. The van der Waals surface area contributed by atoms with Crippen LogP contribution in [-0.4, -0.2) is 10.9 Å². The number of benzene rings is 1. The summed E-state index contributed by atoms with van der Waals surface area (Å²) in [6.07, 6.45) is 6.60. The largest absolute Gasteiger partial charge is 0.366 e. The standard InChI is InChI=1S/C13H12N2O/c14-13(16)8-4-2-6-11-9-10-5-1-3-7-12(10)15-11/h1-9,15H,(H2,14,16). The van der Waals surface area contributed by atoms with Gasteiger partial charge in [0.25, 0.3) is 0 Å². The molecule has 3 nitrogen and oxygen atoms in total. The van der Waals surface area contributed by atoms with Gasteiger partial charge in [0.1, 0.15) is 0 Å². The lowest BCUT2D eigenvalue weighted by atomic mass is 10.2. The van der Waals surface area contributed by atoms with Crippen molar-refractivity contribution >= 4 is 22.9 Å². The number of carbonyl (C=O) groups is 1.